The third-order valence-corrected chi connectivity index (χ3v) is 3.67. The minimum absolute atomic E-state index is 0.337. The number of hydrogen-bond acceptors (Lipinski definition) is 2. The molecule has 2 nitrogen and oxygen atoms in total. The lowest BCUT2D eigenvalue weighted by Crippen LogP contribution is -2.41. The first-order chi connectivity index (χ1) is 7.70. The fourth-order valence-corrected chi connectivity index (χ4v) is 2.58. The predicted molar refractivity (Wildman–Crippen MR) is 68.6 cm³/mol. The fraction of sp³-hybridized carbons (Fsp3) is 0.538. The zero-order chi connectivity index (χ0) is 11.5. The molecule has 1 aromatic rings. The summed E-state index contributed by atoms with van der Waals surface area (Å²) in [5.41, 5.74) is 7.39. The molecule has 0 aliphatic carbocycles. The van der Waals surface area contributed by atoms with Crippen LogP contribution in [0.1, 0.15) is 31.4 Å². The maximum Gasteiger partial charge on any atom is 0.0406 e. The van der Waals surface area contributed by atoms with Crippen molar-refractivity contribution in [1.29, 1.82) is 0 Å². The van der Waals surface area contributed by atoms with Crippen molar-refractivity contribution in [2.24, 2.45) is 5.73 Å². The molecule has 0 amide bonds. The van der Waals surface area contributed by atoms with E-state index in [2.05, 4.69) is 24.0 Å². The van der Waals surface area contributed by atoms with Crippen LogP contribution in [0, 0.1) is 0 Å². The molecule has 0 saturated carbocycles. The van der Waals surface area contributed by atoms with E-state index in [4.69, 9.17) is 17.3 Å². The molecule has 1 aliphatic rings. The van der Waals surface area contributed by atoms with Gasteiger partial charge in [0.05, 0.1) is 0 Å². The van der Waals surface area contributed by atoms with E-state index in [1.807, 2.05) is 12.1 Å². The Hall–Kier alpha value is -0.570. The summed E-state index contributed by atoms with van der Waals surface area (Å²) in [6.07, 6.45) is 2.16. The Labute approximate surface area is 102 Å². The molecular formula is C13H19ClN2. The van der Waals surface area contributed by atoms with Crippen molar-refractivity contribution in [2.45, 2.75) is 31.8 Å². The van der Waals surface area contributed by atoms with Gasteiger partial charge in [0.25, 0.3) is 0 Å². The van der Waals surface area contributed by atoms with Gasteiger partial charge in [-0.05, 0) is 37.1 Å². The van der Waals surface area contributed by atoms with Gasteiger partial charge >= 0.3 is 0 Å². The van der Waals surface area contributed by atoms with Crippen LogP contribution in [0.2, 0.25) is 5.02 Å². The van der Waals surface area contributed by atoms with Crippen LogP contribution in [0.5, 0.6) is 0 Å². The molecule has 0 spiro atoms. The van der Waals surface area contributed by atoms with Gasteiger partial charge in [-0.3, -0.25) is 4.90 Å². The molecule has 0 bridgehead atoms. The molecule has 3 heteroatoms. The number of benzene rings is 1. The lowest BCUT2D eigenvalue weighted by Gasteiger charge is -2.38. The number of halogens is 1. The van der Waals surface area contributed by atoms with Crippen molar-refractivity contribution in [3.63, 3.8) is 0 Å². The van der Waals surface area contributed by atoms with Crippen LogP contribution >= 0.6 is 11.6 Å². The van der Waals surface area contributed by atoms with Gasteiger partial charge in [-0.25, -0.2) is 0 Å². The van der Waals surface area contributed by atoms with E-state index in [-0.39, 0.29) is 0 Å². The fourth-order valence-electron chi connectivity index (χ4n) is 2.45. The Morgan fingerprint density at radius 2 is 2.06 bits per heavy atom. The maximum absolute atomic E-state index is 6.06. The van der Waals surface area contributed by atoms with Crippen molar-refractivity contribution in [1.82, 2.24) is 4.90 Å². The highest BCUT2D eigenvalue weighted by Gasteiger charge is 2.26. The molecule has 1 saturated heterocycles. The topological polar surface area (TPSA) is 29.3 Å². The molecule has 2 unspecified atom stereocenters. The summed E-state index contributed by atoms with van der Waals surface area (Å²) < 4.78 is 0. The normalized spacial score (nSPS) is 26.9. The average molecular weight is 239 g/mol. The van der Waals surface area contributed by atoms with Gasteiger partial charge in [-0.15, -0.1) is 0 Å². The van der Waals surface area contributed by atoms with Crippen molar-refractivity contribution >= 4 is 11.6 Å². The Morgan fingerprint density at radius 1 is 1.38 bits per heavy atom. The molecule has 1 fully saturated rings. The number of nitrogens with two attached hydrogens (primary N) is 1. The van der Waals surface area contributed by atoms with Gasteiger partial charge in [0.15, 0.2) is 0 Å². The molecule has 1 aliphatic heterocycles. The Bertz CT molecular complexity index is 336. The summed E-state index contributed by atoms with van der Waals surface area (Å²) in [4.78, 5) is 2.49. The smallest absolute Gasteiger partial charge is 0.0406 e. The lowest BCUT2D eigenvalue weighted by molar-refractivity contribution is 0.143. The molecule has 1 heterocycles. The first kappa shape index (κ1) is 11.9. The van der Waals surface area contributed by atoms with E-state index >= 15 is 0 Å². The quantitative estimate of drug-likeness (QED) is 0.859. The van der Waals surface area contributed by atoms with E-state index < -0.39 is 0 Å². The molecule has 0 radical (unpaired) electrons. The van der Waals surface area contributed by atoms with Gasteiger partial charge in [-0.1, -0.05) is 30.7 Å². The third kappa shape index (κ3) is 2.57. The monoisotopic (exact) mass is 238 g/mol. The van der Waals surface area contributed by atoms with E-state index in [9.17, 15) is 0 Å². The highest BCUT2D eigenvalue weighted by atomic mass is 35.5. The van der Waals surface area contributed by atoms with Gasteiger partial charge in [0, 0.05) is 23.7 Å². The van der Waals surface area contributed by atoms with Crippen LogP contribution in [0.25, 0.3) is 0 Å². The number of hydrogen-bond donors (Lipinski definition) is 1. The second-order valence-electron chi connectivity index (χ2n) is 4.48. The summed E-state index contributed by atoms with van der Waals surface area (Å²) in [7, 11) is 0. The SMILES string of the molecule is CCN1CCC(N)CC1c1ccc(Cl)cc1. The van der Waals surface area contributed by atoms with E-state index in [1.165, 1.54) is 5.56 Å². The minimum atomic E-state index is 0.337. The van der Waals surface area contributed by atoms with Crippen molar-refractivity contribution in [2.75, 3.05) is 13.1 Å². The van der Waals surface area contributed by atoms with Gasteiger partial charge in [0.2, 0.25) is 0 Å². The van der Waals surface area contributed by atoms with Crippen molar-refractivity contribution in [3.8, 4) is 0 Å². The largest absolute Gasteiger partial charge is 0.328 e. The zero-order valence-corrected chi connectivity index (χ0v) is 10.5. The molecule has 0 aromatic heterocycles. The predicted octanol–water partition coefficient (Wildman–Crippen LogP) is 2.82. The summed E-state index contributed by atoms with van der Waals surface area (Å²) in [5, 5.41) is 0.798. The van der Waals surface area contributed by atoms with Crippen LogP contribution in [0.3, 0.4) is 0 Å². The van der Waals surface area contributed by atoms with Crippen molar-refractivity contribution in [3.05, 3.63) is 34.9 Å². The average Bonchev–Trinajstić information content (AvgIpc) is 2.30. The van der Waals surface area contributed by atoms with E-state index in [1.54, 1.807) is 0 Å². The van der Waals surface area contributed by atoms with Crippen LogP contribution in [-0.2, 0) is 0 Å². The molecule has 2 rings (SSSR count). The Balaban J connectivity index is 2.18. The van der Waals surface area contributed by atoms with Crippen LogP contribution in [-0.4, -0.2) is 24.0 Å². The Kier molecular flexibility index (Phi) is 3.85. The van der Waals surface area contributed by atoms with Gasteiger partial charge in [0.1, 0.15) is 0 Å². The first-order valence-corrected chi connectivity index (χ1v) is 6.33. The summed E-state index contributed by atoms with van der Waals surface area (Å²) in [5.74, 6) is 0. The number of piperidine rings is 1. The Morgan fingerprint density at radius 3 is 2.69 bits per heavy atom. The summed E-state index contributed by atoms with van der Waals surface area (Å²) >= 11 is 5.91. The van der Waals surface area contributed by atoms with E-state index in [0.717, 1.165) is 31.0 Å². The number of likely N-dealkylation sites (tertiary alicyclic amines) is 1. The molecule has 16 heavy (non-hydrogen) atoms. The zero-order valence-electron chi connectivity index (χ0n) is 9.70. The van der Waals surface area contributed by atoms with Crippen LogP contribution in [0.4, 0.5) is 0 Å². The van der Waals surface area contributed by atoms with Crippen LogP contribution < -0.4 is 5.73 Å². The summed E-state index contributed by atoms with van der Waals surface area (Å²) in [6.45, 7) is 4.39. The highest BCUT2D eigenvalue weighted by molar-refractivity contribution is 6.30. The van der Waals surface area contributed by atoms with Gasteiger partial charge < -0.3 is 5.73 Å². The molecule has 88 valence electrons. The second kappa shape index (κ2) is 5.17. The molecule has 2 atom stereocenters. The highest BCUT2D eigenvalue weighted by Crippen LogP contribution is 2.30. The lowest BCUT2D eigenvalue weighted by atomic mass is 9.92. The van der Waals surface area contributed by atoms with E-state index in [0.29, 0.717) is 12.1 Å². The van der Waals surface area contributed by atoms with Gasteiger partial charge in [-0.2, -0.15) is 0 Å². The second-order valence-corrected chi connectivity index (χ2v) is 4.92. The molecule has 2 N–H and O–H groups in total. The number of nitrogens with zero attached hydrogens (tertiary/aromatic N) is 1. The third-order valence-electron chi connectivity index (χ3n) is 3.41. The number of rotatable bonds is 2. The molecular weight excluding hydrogens is 220 g/mol. The molecule has 1 aromatic carbocycles. The first-order valence-electron chi connectivity index (χ1n) is 5.95. The van der Waals surface area contributed by atoms with Crippen molar-refractivity contribution < 1.29 is 0 Å². The maximum atomic E-state index is 6.06. The standard InChI is InChI=1S/C13H19ClN2/c1-2-16-8-7-12(15)9-13(16)10-3-5-11(14)6-4-10/h3-6,12-13H,2,7-9,15H2,1H3. The van der Waals surface area contributed by atoms with Crippen LogP contribution in [0.15, 0.2) is 24.3 Å². The minimum Gasteiger partial charge on any atom is -0.328 e. The summed E-state index contributed by atoms with van der Waals surface area (Å²) in [6, 6.07) is 8.96.